The number of para-hydroxylation sites is 1. The molecule has 1 N–H and O–H groups in total. The smallest absolute Gasteiger partial charge is 0.264 e. The van der Waals surface area contributed by atoms with Crippen LogP contribution in [-0.2, 0) is 14.9 Å². The van der Waals surface area contributed by atoms with Crippen molar-refractivity contribution in [1.82, 2.24) is 5.01 Å². The molecule has 8 nitrogen and oxygen atoms in total. The van der Waals surface area contributed by atoms with Crippen molar-refractivity contribution in [2.45, 2.75) is 30.7 Å². The fourth-order valence-electron chi connectivity index (χ4n) is 3.96. The zero-order chi connectivity index (χ0) is 20.9. The maximum atomic E-state index is 12.5. The van der Waals surface area contributed by atoms with Gasteiger partial charge in [0.25, 0.3) is 10.0 Å². The number of allylic oxidation sites excluding steroid dienone is 1. The van der Waals surface area contributed by atoms with Crippen LogP contribution in [0.4, 0.5) is 5.69 Å². The van der Waals surface area contributed by atoms with Gasteiger partial charge >= 0.3 is 0 Å². The van der Waals surface area contributed by atoms with E-state index in [4.69, 9.17) is 9.94 Å². The van der Waals surface area contributed by atoms with Gasteiger partial charge in [-0.3, -0.25) is 5.21 Å². The van der Waals surface area contributed by atoms with Gasteiger partial charge in [-0.2, -0.15) is 13.5 Å². The van der Waals surface area contributed by atoms with Gasteiger partial charge < -0.3 is 0 Å². The first-order valence-electron chi connectivity index (χ1n) is 9.68. The average molecular weight is 424 g/mol. The second kappa shape index (κ2) is 7.05. The van der Waals surface area contributed by atoms with Gasteiger partial charge in [0.2, 0.25) is 0 Å². The van der Waals surface area contributed by atoms with E-state index in [1.807, 2.05) is 31.2 Å². The van der Waals surface area contributed by atoms with E-state index >= 15 is 0 Å². The van der Waals surface area contributed by atoms with E-state index in [0.717, 1.165) is 28.5 Å². The van der Waals surface area contributed by atoms with Crippen molar-refractivity contribution < 1.29 is 18.5 Å². The molecule has 3 aliphatic rings. The minimum Gasteiger partial charge on any atom is -0.264 e. The standard InChI is InChI=1S/C21H20N4O4S/c1-14-10-11-18(15-12-13-29-25(26)19-8-4-2-6-16(15)19)22-24(14)21-17-7-3-5-9-20(17)30(27,28)23-21/h2-9,12,14,26H,10-11,13H2,1H3. The van der Waals surface area contributed by atoms with Gasteiger partial charge in [-0.05, 0) is 44.0 Å². The summed E-state index contributed by atoms with van der Waals surface area (Å²) in [5.41, 5.74) is 3.54. The van der Waals surface area contributed by atoms with E-state index in [0.29, 0.717) is 23.5 Å². The molecular weight excluding hydrogens is 404 g/mol. The van der Waals surface area contributed by atoms with E-state index in [1.165, 1.54) is 0 Å². The fraction of sp³-hybridized carbons (Fsp3) is 0.238. The molecule has 0 aromatic heterocycles. The molecule has 0 aliphatic carbocycles. The third-order valence-corrected chi connectivity index (χ3v) is 6.79. The lowest BCUT2D eigenvalue weighted by molar-refractivity contribution is -0.0275. The zero-order valence-corrected chi connectivity index (χ0v) is 17.1. The largest absolute Gasteiger partial charge is 0.285 e. The predicted molar refractivity (Wildman–Crippen MR) is 113 cm³/mol. The monoisotopic (exact) mass is 424 g/mol. The van der Waals surface area contributed by atoms with E-state index in [2.05, 4.69) is 4.40 Å². The molecule has 154 valence electrons. The molecule has 0 amide bonds. The molecular formula is C21H20N4O4S. The van der Waals surface area contributed by atoms with E-state index < -0.39 is 10.0 Å². The molecule has 0 saturated carbocycles. The number of rotatable bonds is 1. The highest BCUT2D eigenvalue weighted by Gasteiger charge is 2.35. The van der Waals surface area contributed by atoms with Crippen LogP contribution in [0.25, 0.3) is 5.57 Å². The average Bonchev–Trinajstić information content (AvgIpc) is 2.91. The Labute approximate surface area is 174 Å². The number of nitrogens with zero attached hydrogens (tertiary/aromatic N) is 4. The van der Waals surface area contributed by atoms with Crippen LogP contribution >= 0.6 is 0 Å². The number of hydrazone groups is 1. The van der Waals surface area contributed by atoms with Gasteiger partial charge in [0, 0.05) is 16.7 Å². The number of fused-ring (bicyclic) bond motifs is 2. The highest BCUT2D eigenvalue weighted by Crippen LogP contribution is 2.35. The van der Waals surface area contributed by atoms with Crippen molar-refractivity contribution in [2.24, 2.45) is 9.50 Å². The SMILES string of the molecule is CC1CCC(C2=CCON(O)c3ccccc32)=NN1C1=NS(=O)(=O)c2ccccc21. The Hall–Kier alpha value is -3.01. The van der Waals surface area contributed by atoms with Gasteiger partial charge in [0.1, 0.15) is 10.6 Å². The predicted octanol–water partition coefficient (Wildman–Crippen LogP) is 3.20. The molecule has 0 radical (unpaired) electrons. The second-order valence-electron chi connectivity index (χ2n) is 7.37. The Morgan fingerprint density at radius 2 is 1.83 bits per heavy atom. The maximum Gasteiger partial charge on any atom is 0.285 e. The summed E-state index contributed by atoms with van der Waals surface area (Å²) in [7, 11) is -3.73. The van der Waals surface area contributed by atoms with Crippen molar-refractivity contribution in [3.8, 4) is 0 Å². The first kappa shape index (κ1) is 19.0. The number of amidine groups is 1. The van der Waals surface area contributed by atoms with Crippen molar-refractivity contribution in [2.75, 3.05) is 11.8 Å². The molecule has 0 bridgehead atoms. The van der Waals surface area contributed by atoms with E-state index in [1.54, 1.807) is 35.3 Å². The minimum absolute atomic E-state index is 0.0129. The number of anilines is 1. The Bertz CT molecular complexity index is 1220. The van der Waals surface area contributed by atoms with Gasteiger partial charge in [-0.15, -0.1) is 9.62 Å². The lowest BCUT2D eigenvalue weighted by atomic mass is 9.94. The van der Waals surface area contributed by atoms with Crippen molar-refractivity contribution in [3.05, 3.63) is 65.7 Å². The van der Waals surface area contributed by atoms with Gasteiger partial charge in [0.05, 0.1) is 18.4 Å². The van der Waals surface area contributed by atoms with Crippen LogP contribution in [0, 0.1) is 0 Å². The lowest BCUT2D eigenvalue weighted by Gasteiger charge is -2.32. The summed E-state index contributed by atoms with van der Waals surface area (Å²) in [5, 5.41) is 17.4. The molecule has 30 heavy (non-hydrogen) atoms. The molecule has 0 fully saturated rings. The third-order valence-electron chi connectivity index (χ3n) is 5.47. The normalized spacial score (nSPS) is 22.5. The first-order valence-corrected chi connectivity index (χ1v) is 11.1. The number of sulfonamides is 1. The quantitative estimate of drug-likeness (QED) is 0.755. The molecule has 1 atom stereocenters. The lowest BCUT2D eigenvalue weighted by Crippen LogP contribution is -2.38. The summed E-state index contributed by atoms with van der Waals surface area (Å²) in [4.78, 5) is 5.52. The third kappa shape index (κ3) is 3.02. The van der Waals surface area contributed by atoms with Crippen molar-refractivity contribution in [3.63, 3.8) is 0 Å². The Morgan fingerprint density at radius 1 is 1.10 bits per heavy atom. The number of benzene rings is 2. The minimum atomic E-state index is -3.73. The summed E-state index contributed by atoms with van der Waals surface area (Å²) >= 11 is 0. The van der Waals surface area contributed by atoms with Crippen molar-refractivity contribution >= 4 is 32.8 Å². The first-order chi connectivity index (χ1) is 14.5. The molecule has 3 heterocycles. The highest BCUT2D eigenvalue weighted by atomic mass is 32.2. The van der Waals surface area contributed by atoms with Crippen LogP contribution in [-0.4, -0.2) is 42.8 Å². The molecule has 2 aromatic rings. The Kier molecular flexibility index (Phi) is 4.46. The topological polar surface area (TPSA) is 94.8 Å². The molecule has 0 spiro atoms. The van der Waals surface area contributed by atoms with Crippen LogP contribution in [0.5, 0.6) is 0 Å². The fourth-order valence-corrected chi connectivity index (χ4v) is 5.15. The summed E-state index contributed by atoms with van der Waals surface area (Å²) in [6, 6.07) is 14.2. The summed E-state index contributed by atoms with van der Waals surface area (Å²) in [5.74, 6) is 0.345. The molecule has 5 rings (SSSR count). The summed E-state index contributed by atoms with van der Waals surface area (Å²) in [6.07, 6.45) is 3.37. The number of hydrogen-bond donors (Lipinski definition) is 1. The molecule has 2 aromatic carbocycles. The number of hydrogen-bond acceptors (Lipinski definition) is 7. The Balaban J connectivity index is 1.61. The Morgan fingerprint density at radius 3 is 2.67 bits per heavy atom. The van der Waals surface area contributed by atoms with Crippen LogP contribution < -0.4 is 5.23 Å². The molecule has 9 heteroatoms. The molecule has 3 aliphatic heterocycles. The second-order valence-corrected chi connectivity index (χ2v) is 8.94. The van der Waals surface area contributed by atoms with Gasteiger partial charge in [0.15, 0.2) is 5.84 Å². The van der Waals surface area contributed by atoms with Gasteiger partial charge in [-0.25, -0.2) is 9.85 Å². The van der Waals surface area contributed by atoms with Crippen molar-refractivity contribution in [1.29, 1.82) is 0 Å². The van der Waals surface area contributed by atoms with E-state index in [-0.39, 0.29) is 17.5 Å². The highest BCUT2D eigenvalue weighted by molar-refractivity contribution is 7.90. The van der Waals surface area contributed by atoms with Crippen LogP contribution in [0.15, 0.2) is 69.0 Å². The zero-order valence-electron chi connectivity index (χ0n) is 16.3. The van der Waals surface area contributed by atoms with Crippen LogP contribution in [0.3, 0.4) is 0 Å². The summed E-state index contributed by atoms with van der Waals surface area (Å²) in [6.45, 7) is 2.19. The van der Waals surface area contributed by atoms with Crippen LogP contribution in [0.1, 0.15) is 30.9 Å². The maximum absolute atomic E-state index is 12.5. The van der Waals surface area contributed by atoms with E-state index in [9.17, 15) is 13.6 Å². The van der Waals surface area contributed by atoms with Gasteiger partial charge in [-0.1, -0.05) is 30.3 Å². The summed E-state index contributed by atoms with van der Waals surface area (Å²) < 4.78 is 29.1. The van der Waals surface area contributed by atoms with Crippen LogP contribution in [0.2, 0.25) is 0 Å². The molecule has 0 saturated heterocycles. The molecule has 1 unspecified atom stereocenters.